The molecule has 1 aliphatic heterocycles. The third-order valence-electron chi connectivity index (χ3n) is 4.41. The Labute approximate surface area is 119 Å². The predicted molar refractivity (Wildman–Crippen MR) is 77.6 cm³/mol. The maximum Gasteiger partial charge on any atom is 0.125 e. The summed E-state index contributed by atoms with van der Waals surface area (Å²) in [4.78, 5) is 2.58. The summed E-state index contributed by atoms with van der Waals surface area (Å²) in [5.74, 6) is 1.37. The van der Waals surface area contributed by atoms with Crippen molar-refractivity contribution in [1.29, 1.82) is 0 Å². The molecule has 1 saturated heterocycles. The van der Waals surface area contributed by atoms with Crippen molar-refractivity contribution >= 4 is 11.6 Å². The molecule has 2 aliphatic rings. The first-order chi connectivity index (χ1) is 9.26. The van der Waals surface area contributed by atoms with E-state index in [4.69, 9.17) is 22.1 Å². The van der Waals surface area contributed by atoms with Gasteiger partial charge in [-0.2, -0.15) is 0 Å². The lowest BCUT2D eigenvalue weighted by atomic mass is 9.93. The number of nitrogens with zero attached hydrogens (tertiary/aromatic N) is 1. The number of likely N-dealkylation sites (tertiary alicyclic amines) is 1. The molecule has 0 amide bonds. The van der Waals surface area contributed by atoms with Crippen LogP contribution >= 0.6 is 11.6 Å². The van der Waals surface area contributed by atoms with Gasteiger partial charge in [-0.3, -0.25) is 4.90 Å². The van der Waals surface area contributed by atoms with Crippen LogP contribution in [0.3, 0.4) is 0 Å². The molecule has 0 aromatic heterocycles. The van der Waals surface area contributed by atoms with Gasteiger partial charge in [0.2, 0.25) is 0 Å². The second kappa shape index (κ2) is 5.31. The molecule has 0 radical (unpaired) electrons. The second-order valence-electron chi connectivity index (χ2n) is 5.55. The van der Waals surface area contributed by atoms with E-state index in [2.05, 4.69) is 4.90 Å². The highest BCUT2D eigenvalue weighted by Gasteiger charge is 2.43. The number of hydrogen-bond acceptors (Lipinski definition) is 3. The van der Waals surface area contributed by atoms with E-state index in [-0.39, 0.29) is 0 Å². The van der Waals surface area contributed by atoms with Crippen molar-refractivity contribution in [2.24, 2.45) is 11.7 Å². The summed E-state index contributed by atoms with van der Waals surface area (Å²) in [7, 11) is 1.71. The molecule has 3 nitrogen and oxygen atoms in total. The largest absolute Gasteiger partial charge is 0.496 e. The molecule has 2 fully saturated rings. The first kappa shape index (κ1) is 13.2. The van der Waals surface area contributed by atoms with E-state index in [1.165, 1.54) is 12.8 Å². The minimum Gasteiger partial charge on any atom is -0.496 e. The van der Waals surface area contributed by atoms with Gasteiger partial charge in [0, 0.05) is 22.7 Å². The highest BCUT2D eigenvalue weighted by Crippen LogP contribution is 2.48. The van der Waals surface area contributed by atoms with E-state index < -0.39 is 0 Å². The van der Waals surface area contributed by atoms with Crippen LogP contribution in [-0.4, -0.2) is 31.1 Å². The number of ether oxygens (including phenoxy) is 1. The molecule has 1 aromatic rings. The molecule has 1 saturated carbocycles. The van der Waals surface area contributed by atoms with Crippen molar-refractivity contribution in [1.82, 2.24) is 4.90 Å². The van der Waals surface area contributed by atoms with Crippen molar-refractivity contribution in [2.45, 2.75) is 31.3 Å². The molecule has 1 heterocycles. The Morgan fingerprint density at radius 3 is 2.79 bits per heavy atom. The van der Waals surface area contributed by atoms with Crippen LogP contribution < -0.4 is 10.5 Å². The molecule has 0 spiro atoms. The van der Waals surface area contributed by atoms with Crippen LogP contribution in [-0.2, 0) is 0 Å². The van der Waals surface area contributed by atoms with E-state index in [1.54, 1.807) is 7.11 Å². The molecule has 2 unspecified atom stereocenters. The van der Waals surface area contributed by atoms with Crippen LogP contribution in [0.5, 0.6) is 5.75 Å². The number of benzene rings is 1. The highest BCUT2D eigenvalue weighted by molar-refractivity contribution is 6.31. The zero-order valence-electron chi connectivity index (χ0n) is 11.3. The molecule has 1 aliphatic carbocycles. The van der Waals surface area contributed by atoms with E-state index in [9.17, 15) is 0 Å². The summed E-state index contributed by atoms with van der Waals surface area (Å²) in [6.45, 7) is 1.84. The number of methoxy groups -OCH3 is 1. The summed E-state index contributed by atoms with van der Waals surface area (Å²) < 4.78 is 5.53. The molecular weight excluding hydrogens is 260 g/mol. The molecule has 2 atom stereocenters. The Balaban J connectivity index is 2.01. The van der Waals surface area contributed by atoms with Gasteiger partial charge in [0.15, 0.2) is 0 Å². The fourth-order valence-corrected chi connectivity index (χ4v) is 3.61. The SMILES string of the molecule is COc1cccc(Cl)c1C1C(CN)CCN1C1CC1. The summed E-state index contributed by atoms with van der Waals surface area (Å²) in [5.41, 5.74) is 7.11. The fraction of sp³-hybridized carbons (Fsp3) is 0.600. The van der Waals surface area contributed by atoms with Gasteiger partial charge in [-0.1, -0.05) is 17.7 Å². The highest BCUT2D eigenvalue weighted by atomic mass is 35.5. The van der Waals surface area contributed by atoms with Gasteiger partial charge < -0.3 is 10.5 Å². The van der Waals surface area contributed by atoms with Gasteiger partial charge >= 0.3 is 0 Å². The first-order valence-electron chi connectivity index (χ1n) is 7.04. The van der Waals surface area contributed by atoms with Gasteiger partial charge in [-0.05, 0) is 50.4 Å². The molecule has 3 rings (SSSR count). The Morgan fingerprint density at radius 1 is 1.37 bits per heavy atom. The lowest BCUT2D eigenvalue weighted by Gasteiger charge is -2.30. The van der Waals surface area contributed by atoms with E-state index in [1.807, 2.05) is 18.2 Å². The summed E-state index contributed by atoms with van der Waals surface area (Å²) in [6.07, 6.45) is 3.77. The van der Waals surface area contributed by atoms with Crippen LogP contribution in [0.1, 0.15) is 30.9 Å². The summed E-state index contributed by atoms with van der Waals surface area (Å²) in [5, 5.41) is 0.801. The van der Waals surface area contributed by atoms with Crippen molar-refractivity contribution < 1.29 is 4.74 Å². The van der Waals surface area contributed by atoms with Crippen molar-refractivity contribution in [3.05, 3.63) is 28.8 Å². The van der Waals surface area contributed by atoms with Gasteiger partial charge in [-0.15, -0.1) is 0 Å². The topological polar surface area (TPSA) is 38.5 Å². The smallest absolute Gasteiger partial charge is 0.125 e. The Kier molecular flexibility index (Phi) is 3.70. The molecule has 0 bridgehead atoms. The maximum atomic E-state index is 6.45. The first-order valence-corrected chi connectivity index (χ1v) is 7.42. The minimum atomic E-state index is 0.321. The lowest BCUT2D eigenvalue weighted by molar-refractivity contribution is 0.215. The summed E-state index contributed by atoms with van der Waals surface area (Å²) >= 11 is 6.45. The third-order valence-corrected chi connectivity index (χ3v) is 4.74. The lowest BCUT2D eigenvalue weighted by Crippen LogP contribution is -2.30. The van der Waals surface area contributed by atoms with Gasteiger partial charge in [0.05, 0.1) is 7.11 Å². The predicted octanol–water partition coefficient (Wildman–Crippen LogP) is 2.83. The average molecular weight is 281 g/mol. The number of hydrogen-bond donors (Lipinski definition) is 1. The van der Waals surface area contributed by atoms with Crippen LogP contribution in [0.15, 0.2) is 18.2 Å². The molecule has 4 heteroatoms. The molecule has 1 aromatic carbocycles. The zero-order chi connectivity index (χ0) is 13.4. The number of halogens is 1. The molecular formula is C15H21ClN2O. The van der Waals surface area contributed by atoms with Crippen LogP contribution in [0.25, 0.3) is 0 Å². The molecule has 19 heavy (non-hydrogen) atoms. The maximum absolute atomic E-state index is 6.45. The Hall–Kier alpha value is -0.770. The fourth-order valence-electron chi connectivity index (χ4n) is 3.33. The van der Waals surface area contributed by atoms with Crippen molar-refractivity contribution in [3.8, 4) is 5.75 Å². The number of rotatable bonds is 4. The number of nitrogens with two attached hydrogens (primary N) is 1. The summed E-state index contributed by atoms with van der Waals surface area (Å²) in [6, 6.07) is 6.94. The average Bonchev–Trinajstić information content (AvgIpc) is 3.18. The van der Waals surface area contributed by atoms with Crippen LogP contribution in [0, 0.1) is 5.92 Å². The van der Waals surface area contributed by atoms with E-state index in [0.717, 1.165) is 35.3 Å². The quantitative estimate of drug-likeness (QED) is 0.922. The van der Waals surface area contributed by atoms with Gasteiger partial charge in [0.25, 0.3) is 0 Å². The molecule has 2 N–H and O–H groups in total. The zero-order valence-corrected chi connectivity index (χ0v) is 12.1. The second-order valence-corrected chi connectivity index (χ2v) is 5.96. The van der Waals surface area contributed by atoms with Gasteiger partial charge in [-0.25, -0.2) is 0 Å². The monoisotopic (exact) mass is 280 g/mol. The van der Waals surface area contributed by atoms with Crippen LogP contribution in [0.4, 0.5) is 0 Å². The Morgan fingerprint density at radius 2 is 2.16 bits per heavy atom. The third kappa shape index (κ3) is 2.35. The van der Waals surface area contributed by atoms with Crippen LogP contribution in [0.2, 0.25) is 5.02 Å². The van der Waals surface area contributed by atoms with Crippen molar-refractivity contribution in [2.75, 3.05) is 20.2 Å². The standard InChI is InChI=1S/C15H21ClN2O/c1-19-13-4-2-3-12(16)14(13)15-10(9-17)7-8-18(15)11-5-6-11/h2-4,10-11,15H,5-9,17H2,1H3. The van der Waals surface area contributed by atoms with E-state index in [0.29, 0.717) is 18.5 Å². The van der Waals surface area contributed by atoms with Gasteiger partial charge in [0.1, 0.15) is 5.75 Å². The Bertz CT molecular complexity index is 461. The normalized spacial score (nSPS) is 27.7. The molecule has 104 valence electrons. The minimum absolute atomic E-state index is 0.321. The van der Waals surface area contributed by atoms with E-state index >= 15 is 0 Å². The van der Waals surface area contributed by atoms with Crippen molar-refractivity contribution in [3.63, 3.8) is 0 Å².